The van der Waals surface area contributed by atoms with Crippen LogP contribution in [0, 0.1) is 5.92 Å². The van der Waals surface area contributed by atoms with Crippen LogP contribution in [0.2, 0.25) is 0 Å². The fourth-order valence-electron chi connectivity index (χ4n) is 2.99. The smallest absolute Gasteiger partial charge is 0.172 e. The largest absolute Gasteiger partial charge is 0.497 e. The second-order valence-electron chi connectivity index (χ2n) is 5.56. The Kier molecular flexibility index (Phi) is 5.31. The highest BCUT2D eigenvalue weighted by Gasteiger charge is 2.20. The van der Waals surface area contributed by atoms with E-state index in [2.05, 4.69) is 17.0 Å². The molecule has 1 aromatic rings. The lowest BCUT2D eigenvalue weighted by Crippen LogP contribution is -2.27. The molecule has 0 spiro atoms. The maximum Gasteiger partial charge on any atom is 0.172 e. The van der Waals surface area contributed by atoms with Gasteiger partial charge in [-0.05, 0) is 37.3 Å². The lowest BCUT2D eigenvalue weighted by molar-refractivity contribution is 0.318. The number of rotatable bonds is 4. The van der Waals surface area contributed by atoms with E-state index in [1.54, 1.807) is 7.11 Å². The van der Waals surface area contributed by atoms with Crippen LogP contribution in [-0.2, 0) is 0 Å². The number of nitrogens with zero attached hydrogens (tertiary/aromatic N) is 2. The highest BCUT2D eigenvalue weighted by atomic mass is 16.5. The molecular weight excluding hydrogens is 266 g/mol. The molecule has 5 heteroatoms. The summed E-state index contributed by atoms with van der Waals surface area (Å²) in [7, 11) is 1.65. The van der Waals surface area contributed by atoms with E-state index in [4.69, 9.17) is 15.7 Å². The molecule has 1 aliphatic rings. The molecule has 0 radical (unpaired) electrons. The summed E-state index contributed by atoms with van der Waals surface area (Å²) in [4.78, 5) is 2.32. The van der Waals surface area contributed by atoms with Crippen LogP contribution in [0.3, 0.4) is 0 Å². The highest BCUT2D eigenvalue weighted by Crippen LogP contribution is 2.30. The molecule has 0 amide bonds. The lowest BCUT2D eigenvalue weighted by atomic mass is 9.98. The zero-order chi connectivity index (χ0) is 15.2. The van der Waals surface area contributed by atoms with E-state index in [0.717, 1.165) is 36.0 Å². The first kappa shape index (κ1) is 15.5. The van der Waals surface area contributed by atoms with Gasteiger partial charge in [0.25, 0.3) is 0 Å². The topological polar surface area (TPSA) is 71.1 Å². The normalized spacial score (nSPS) is 20.2. The number of nitrogens with two attached hydrogens (primary N) is 1. The zero-order valence-corrected chi connectivity index (χ0v) is 12.9. The molecule has 1 atom stereocenters. The molecule has 0 aliphatic carbocycles. The van der Waals surface area contributed by atoms with Gasteiger partial charge in [0, 0.05) is 24.7 Å². The summed E-state index contributed by atoms with van der Waals surface area (Å²) in [5, 5.41) is 12.1. The van der Waals surface area contributed by atoms with Gasteiger partial charge >= 0.3 is 0 Å². The third-order valence-corrected chi connectivity index (χ3v) is 4.35. The predicted octanol–water partition coefficient (Wildman–Crippen LogP) is 2.81. The van der Waals surface area contributed by atoms with Crippen molar-refractivity contribution in [3.05, 3.63) is 23.8 Å². The van der Waals surface area contributed by atoms with Crippen LogP contribution < -0.4 is 15.4 Å². The van der Waals surface area contributed by atoms with Gasteiger partial charge in [0.05, 0.1) is 12.8 Å². The fourth-order valence-corrected chi connectivity index (χ4v) is 2.99. The minimum absolute atomic E-state index is 0.143. The van der Waals surface area contributed by atoms with Crippen molar-refractivity contribution in [1.82, 2.24) is 0 Å². The van der Waals surface area contributed by atoms with Crippen LogP contribution >= 0.6 is 0 Å². The fraction of sp³-hybridized carbons (Fsp3) is 0.562. The minimum Gasteiger partial charge on any atom is -0.497 e. The summed E-state index contributed by atoms with van der Waals surface area (Å²) < 4.78 is 5.32. The van der Waals surface area contributed by atoms with Crippen molar-refractivity contribution in [1.29, 1.82) is 0 Å². The first-order valence-electron chi connectivity index (χ1n) is 7.60. The summed E-state index contributed by atoms with van der Waals surface area (Å²) in [6.07, 6.45) is 4.86. The van der Waals surface area contributed by atoms with Gasteiger partial charge in [0.15, 0.2) is 5.84 Å². The lowest BCUT2D eigenvalue weighted by Gasteiger charge is -2.25. The van der Waals surface area contributed by atoms with Crippen molar-refractivity contribution in [3.8, 4) is 5.75 Å². The summed E-state index contributed by atoms with van der Waals surface area (Å²) in [6, 6.07) is 5.66. The second-order valence-corrected chi connectivity index (χ2v) is 5.56. The average Bonchev–Trinajstić information content (AvgIpc) is 2.78. The molecule has 1 fully saturated rings. The molecule has 21 heavy (non-hydrogen) atoms. The van der Waals surface area contributed by atoms with Gasteiger partial charge in [0.2, 0.25) is 0 Å². The second kappa shape index (κ2) is 7.20. The van der Waals surface area contributed by atoms with Crippen molar-refractivity contribution >= 4 is 11.5 Å². The first-order chi connectivity index (χ1) is 10.2. The van der Waals surface area contributed by atoms with Gasteiger partial charge in [-0.2, -0.15) is 0 Å². The highest BCUT2D eigenvalue weighted by molar-refractivity contribution is 6.02. The van der Waals surface area contributed by atoms with Crippen molar-refractivity contribution in [2.24, 2.45) is 16.8 Å². The maximum absolute atomic E-state index is 8.99. The Morgan fingerprint density at radius 1 is 1.43 bits per heavy atom. The average molecular weight is 291 g/mol. The van der Waals surface area contributed by atoms with E-state index in [9.17, 15) is 0 Å². The van der Waals surface area contributed by atoms with Crippen LogP contribution in [0.15, 0.2) is 23.4 Å². The Morgan fingerprint density at radius 3 is 2.90 bits per heavy atom. The molecule has 0 aromatic heterocycles. The Morgan fingerprint density at radius 2 is 2.24 bits per heavy atom. The quantitative estimate of drug-likeness (QED) is 0.387. The molecule has 0 saturated carbocycles. The number of oxime groups is 1. The summed E-state index contributed by atoms with van der Waals surface area (Å²) in [5.41, 5.74) is 7.56. The molecule has 1 aliphatic heterocycles. The van der Waals surface area contributed by atoms with Gasteiger partial charge in [-0.1, -0.05) is 18.5 Å². The first-order valence-corrected chi connectivity index (χ1v) is 7.60. The number of ether oxygens (including phenoxy) is 1. The number of methoxy groups -OCH3 is 1. The van der Waals surface area contributed by atoms with Gasteiger partial charge in [0.1, 0.15) is 5.75 Å². The number of benzene rings is 1. The van der Waals surface area contributed by atoms with Gasteiger partial charge in [-0.15, -0.1) is 0 Å². The monoisotopic (exact) mass is 291 g/mol. The number of hydrogen-bond donors (Lipinski definition) is 2. The molecule has 0 bridgehead atoms. The Bertz CT molecular complexity index is 502. The molecular formula is C16H25N3O2. The number of anilines is 1. The molecule has 3 N–H and O–H groups in total. The van der Waals surface area contributed by atoms with Crippen LogP contribution in [0.25, 0.3) is 0 Å². The Hall–Kier alpha value is -1.91. The van der Waals surface area contributed by atoms with Gasteiger partial charge in [-0.25, -0.2) is 0 Å². The van der Waals surface area contributed by atoms with E-state index in [1.165, 1.54) is 25.7 Å². The van der Waals surface area contributed by atoms with Crippen LogP contribution in [0.5, 0.6) is 5.75 Å². The molecule has 1 heterocycles. The van der Waals surface area contributed by atoms with E-state index >= 15 is 0 Å². The predicted molar refractivity (Wildman–Crippen MR) is 85.3 cm³/mol. The van der Waals surface area contributed by atoms with E-state index < -0.39 is 0 Å². The number of amidine groups is 1. The molecule has 1 aromatic carbocycles. The standard InChI is InChI=1S/C16H25N3O2/c1-3-12-5-4-9-19(10-8-12)15-11-13(21-2)6-7-14(15)16(17)18-20/h6-7,11-12,20H,3-5,8-10H2,1-2H3,(H2,17,18). The number of hydrogen-bond acceptors (Lipinski definition) is 4. The van der Waals surface area contributed by atoms with Crippen molar-refractivity contribution in [2.75, 3.05) is 25.1 Å². The van der Waals surface area contributed by atoms with E-state index in [1.807, 2.05) is 18.2 Å². The van der Waals surface area contributed by atoms with Crippen molar-refractivity contribution < 1.29 is 9.94 Å². The third kappa shape index (κ3) is 3.60. The third-order valence-electron chi connectivity index (χ3n) is 4.35. The molecule has 2 rings (SSSR count). The molecule has 116 valence electrons. The summed E-state index contributed by atoms with van der Waals surface area (Å²) in [5.74, 6) is 1.73. The zero-order valence-electron chi connectivity index (χ0n) is 12.9. The van der Waals surface area contributed by atoms with E-state index in [0.29, 0.717) is 0 Å². The van der Waals surface area contributed by atoms with Crippen LogP contribution in [0.4, 0.5) is 5.69 Å². The molecule has 1 unspecified atom stereocenters. The van der Waals surface area contributed by atoms with Gasteiger partial charge < -0.3 is 20.6 Å². The van der Waals surface area contributed by atoms with Crippen LogP contribution in [0.1, 0.15) is 38.2 Å². The van der Waals surface area contributed by atoms with E-state index in [-0.39, 0.29) is 5.84 Å². The molecule has 1 saturated heterocycles. The van der Waals surface area contributed by atoms with Gasteiger partial charge in [-0.3, -0.25) is 0 Å². The summed E-state index contributed by atoms with van der Waals surface area (Å²) in [6.45, 7) is 4.25. The minimum atomic E-state index is 0.143. The SMILES string of the molecule is CCC1CCCN(c2cc(OC)ccc2/C(N)=N/O)CC1. The van der Waals surface area contributed by atoms with Crippen molar-refractivity contribution in [3.63, 3.8) is 0 Å². The van der Waals surface area contributed by atoms with Crippen molar-refractivity contribution in [2.45, 2.75) is 32.6 Å². The Balaban J connectivity index is 2.31. The maximum atomic E-state index is 8.99. The summed E-state index contributed by atoms with van der Waals surface area (Å²) >= 11 is 0. The molecule has 5 nitrogen and oxygen atoms in total. The Labute approximate surface area is 126 Å². The van der Waals surface area contributed by atoms with Crippen LogP contribution in [-0.4, -0.2) is 31.2 Å².